The highest BCUT2D eigenvalue weighted by molar-refractivity contribution is 5.91. The molecule has 1 aliphatic rings. The lowest BCUT2D eigenvalue weighted by atomic mass is 10.2. The van der Waals surface area contributed by atoms with Gasteiger partial charge in [-0.15, -0.1) is 0 Å². The molecule has 0 unspecified atom stereocenters. The Morgan fingerprint density at radius 2 is 1.78 bits per heavy atom. The van der Waals surface area contributed by atoms with Gasteiger partial charge in [0.1, 0.15) is 5.75 Å². The van der Waals surface area contributed by atoms with Crippen LogP contribution < -0.4 is 20.3 Å². The number of carbonyl (C=O) groups is 1. The number of anilines is 3. The van der Waals surface area contributed by atoms with Crippen LogP contribution in [0.3, 0.4) is 0 Å². The Morgan fingerprint density at radius 1 is 1.07 bits per heavy atom. The van der Waals surface area contributed by atoms with E-state index in [2.05, 4.69) is 27.7 Å². The first-order chi connectivity index (χ1) is 13.1. The molecule has 0 saturated carbocycles. The summed E-state index contributed by atoms with van der Waals surface area (Å²) in [6.07, 6.45) is 3.03. The largest absolute Gasteiger partial charge is 0.489 e. The van der Waals surface area contributed by atoms with E-state index in [9.17, 15) is 4.79 Å². The molecule has 2 aromatic rings. The highest BCUT2D eigenvalue weighted by Crippen LogP contribution is 2.25. The SMILES string of the molecule is CC(C)Oc1ccccc1NCCC(=O)Nc1ccc(N2CCCC2)cc1. The molecule has 1 fully saturated rings. The number of hydrogen-bond acceptors (Lipinski definition) is 4. The van der Waals surface area contributed by atoms with Crippen LogP contribution in [0, 0.1) is 0 Å². The van der Waals surface area contributed by atoms with Gasteiger partial charge in [-0.3, -0.25) is 4.79 Å². The van der Waals surface area contributed by atoms with Crippen molar-refractivity contribution in [2.75, 3.05) is 35.2 Å². The number of amides is 1. The molecular weight excluding hydrogens is 338 g/mol. The van der Waals surface area contributed by atoms with E-state index in [0.29, 0.717) is 13.0 Å². The van der Waals surface area contributed by atoms with E-state index < -0.39 is 0 Å². The van der Waals surface area contributed by atoms with Crippen LogP contribution in [0.2, 0.25) is 0 Å². The number of benzene rings is 2. The lowest BCUT2D eigenvalue weighted by molar-refractivity contribution is -0.115. The van der Waals surface area contributed by atoms with Crippen molar-refractivity contribution in [1.82, 2.24) is 0 Å². The second-order valence-corrected chi connectivity index (χ2v) is 7.13. The Bertz CT molecular complexity index is 737. The molecule has 144 valence electrons. The van der Waals surface area contributed by atoms with Crippen molar-refractivity contribution in [3.05, 3.63) is 48.5 Å². The highest BCUT2D eigenvalue weighted by atomic mass is 16.5. The molecule has 5 heteroatoms. The van der Waals surface area contributed by atoms with Crippen LogP contribution in [0.25, 0.3) is 0 Å². The van der Waals surface area contributed by atoms with E-state index >= 15 is 0 Å². The van der Waals surface area contributed by atoms with Gasteiger partial charge in [0.25, 0.3) is 0 Å². The number of ether oxygens (including phenoxy) is 1. The molecule has 0 atom stereocenters. The van der Waals surface area contributed by atoms with Gasteiger partial charge in [0, 0.05) is 37.4 Å². The zero-order chi connectivity index (χ0) is 19.1. The van der Waals surface area contributed by atoms with Gasteiger partial charge in [0.05, 0.1) is 11.8 Å². The minimum absolute atomic E-state index is 0.00122. The number of nitrogens with one attached hydrogen (secondary N) is 2. The highest BCUT2D eigenvalue weighted by Gasteiger charge is 2.12. The van der Waals surface area contributed by atoms with E-state index in [1.54, 1.807) is 0 Å². The first-order valence-electron chi connectivity index (χ1n) is 9.76. The summed E-state index contributed by atoms with van der Waals surface area (Å²) in [6, 6.07) is 15.9. The van der Waals surface area contributed by atoms with Gasteiger partial charge in [-0.05, 0) is 63.1 Å². The molecule has 27 heavy (non-hydrogen) atoms. The predicted molar refractivity (Wildman–Crippen MR) is 112 cm³/mol. The smallest absolute Gasteiger partial charge is 0.226 e. The Balaban J connectivity index is 1.46. The molecular formula is C22H29N3O2. The minimum Gasteiger partial charge on any atom is -0.489 e. The maximum Gasteiger partial charge on any atom is 0.226 e. The molecule has 0 aromatic heterocycles. The first kappa shape index (κ1) is 19.1. The molecule has 0 aliphatic carbocycles. The Hall–Kier alpha value is -2.69. The Kier molecular flexibility index (Phi) is 6.58. The monoisotopic (exact) mass is 367 g/mol. The maximum absolute atomic E-state index is 12.2. The lowest BCUT2D eigenvalue weighted by Gasteiger charge is -2.18. The molecule has 1 saturated heterocycles. The normalized spacial score (nSPS) is 13.7. The van der Waals surface area contributed by atoms with Crippen LogP contribution >= 0.6 is 0 Å². The number of rotatable bonds is 8. The fourth-order valence-corrected chi connectivity index (χ4v) is 3.23. The van der Waals surface area contributed by atoms with Gasteiger partial charge in [-0.2, -0.15) is 0 Å². The van der Waals surface area contributed by atoms with Gasteiger partial charge < -0.3 is 20.3 Å². The summed E-state index contributed by atoms with van der Waals surface area (Å²) in [4.78, 5) is 14.6. The minimum atomic E-state index is -0.00122. The molecule has 2 aromatic carbocycles. The second kappa shape index (κ2) is 9.31. The zero-order valence-corrected chi connectivity index (χ0v) is 16.2. The summed E-state index contributed by atoms with van der Waals surface area (Å²) >= 11 is 0. The van der Waals surface area contributed by atoms with E-state index in [4.69, 9.17) is 4.74 Å². The van der Waals surface area contributed by atoms with Crippen LogP contribution in [0.15, 0.2) is 48.5 Å². The van der Waals surface area contributed by atoms with Crippen molar-refractivity contribution < 1.29 is 9.53 Å². The van der Waals surface area contributed by atoms with Gasteiger partial charge in [0.15, 0.2) is 0 Å². The maximum atomic E-state index is 12.2. The zero-order valence-electron chi connectivity index (χ0n) is 16.2. The van der Waals surface area contributed by atoms with Gasteiger partial charge in [-0.1, -0.05) is 12.1 Å². The molecule has 1 aliphatic heterocycles. The van der Waals surface area contributed by atoms with E-state index in [1.807, 2.05) is 50.2 Å². The van der Waals surface area contributed by atoms with Crippen molar-refractivity contribution in [1.29, 1.82) is 0 Å². The molecule has 3 rings (SSSR count). The molecule has 5 nitrogen and oxygen atoms in total. The standard InChI is InChI=1S/C22H29N3O2/c1-17(2)27-21-8-4-3-7-20(21)23-14-13-22(26)24-18-9-11-19(12-10-18)25-15-5-6-16-25/h3-4,7-12,17,23H,5-6,13-16H2,1-2H3,(H,24,26). The van der Waals surface area contributed by atoms with Gasteiger partial charge in [0.2, 0.25) is 5.91 Å². The fraction of sp³-hybridized carbons (Fsp3) is 0.409. The summed E-state index contributed by atoms with van der Waals surface area (Å²) in [6.45, 7) is 6.80. The molecule has 0 radical (unpaired) electrons. The predicted octanol–water partition coefficient (Wildman–Crippen LogP) is 4.51. The Morgan fingerprint density at radius 3 is 2.48 bits per heavy atom. The third-order valence-electron chi connectivity index (χ3n) is 4.54. The Labute approximate surface area is 161 Å². The van der Waals surface area contributed by atoms with Crippen molar-refractivity contribution in [2.45, 2.75) is 39.2 Å². The summed E-state index contributed by atoms with van der Waals surface area (Å²) in [5, 5.41) is 6.25. The van der Waals surface area contributed by atoms with Gasteiger partial charge >= 0.3 is 0 Å². The number of carbonyl (C=O) groups excluding carboxylic acids is 1. The molecule has 1 amide bonds. The summed E-state index contributed by atoms with van der Waals surface area (Å²) in [5.41, 5.74) is 2.98. The van der Waals surface area contributed by atoms with E-state index in [0.717, 1.165) is 30.2 Å². The van der Waals surface area contributed by atoms with Crippen LogP contribution in [-0.2, 0) is 4.79 Å². The second-order valence-electron chi connectivity index (χ2n) is 7.13. The van der Waals surface area contributed by atoms with E-state index in [1.165, 1.54) is 18.5 Å². The first-order valence-corrected chi connectivity index (χ1v) is 9.76. The summed E-state index contributed by atoms with van der Waals surface area (Å²) in [7, 11) is 0. The van der Waals surface area contributed by atoms with Crippen LogP contribution in [0.1, 0.15) is 33.1 Å². The van der Waals surface area contributed by atoms with Gasteiger partial charge in [-0.25, -0.2) is 0 Å². The number of para-hydroxylation sites is 2. The number of nitrogens with zero attached hydrogens (tertiary/aromatic N) is 1. The van der Waals surface area contributed by atoms with E-state index in [-0.39, 0.29) is 12.0 Å². The summed E-state index contributed by atoms with van der Waals surface area (Å²) in [5.74, 6) is 0.809. The third kappa shape index (κ3) is 5.64. The topological polar surface area (TPSA) is 53.6 Å². The van der Waals surface area contributed by atoms with Crippen molar-refractivity contribution >= 4 is 23.0 Å². The van der Waals surface area contributed by atoms with Crippen LogP contribution in [0.4, 0.5) is 17.1 Å². The van der Waals surface area contributed by atoms with Crippen molar-refractivity contribution in [3.8, 4) is 5.75 Å². The average molecular weight is 367 g/mol. The molecule has 0 bridgehead atoms. The molecule has 1 heterocycles. The quantitative estimate of drug-likeness (QED) is 0.720. The van der Waals surface area contributed by atoms with Crippen LogP contribution in [0.5, 0.6) is 5.75 Å². The van der Waals surface area contributed by atoms with Crippen LogP contribution in [-0.4, -0.2) is 31.6 Å². The lowest BCUT2D eigenvalue weighted by Crippen LogP contribution is -2.18. The average Bonchev–Trinajstić information content (AvgIpc) is 3.18. The fourth-order valence-electron chi connectivity index (χ4n) is 3.23. The molecule has 0 spiro atoms. The molecule has 2 N–H and O–H groups in total. The van der Waals surface area contributed by atoms with Crippen molar-refractivity contribution in [3.63, 3.8) is 0 Å². The number of hydrogen-bond donors (Lipinski definition) is 2. The third-order valence-corrected chi connectivity index (χ3v) is 4.54. The van der Waals surface area contributed by atoms with Crippen molar-refractivity contribution in [2.24, 2.45) is 0 Å². The summed E-state index contributed by atoms with van der Waals surface area (Å²) < 4.78 is 5.78.